The molecule has 0 aliphatic carbocycles. The van der Waals surface area contributed by atoms with Crippen molar-refractivity contribution in [2.75, 3.05) is 0 Å². The Hall–Kier alpha value is -7.41. The second-order valence-corrected chi connectivity index (χ2v) is 15.8. The van der Waals surface area contributed by atoms with Gasteiger partial charge in [0.05, 0.1) is 26.8 Å². The van der Waals surface area contributed by atoms with E-state index in [1.807, 2.05) is 47.7 Å². The Bertz CT molecular complexity index is 3430. The normalized spacial score (nSPS) is 11.9. The van der Waals surface area contributed by atoms with E-state index in [1.165, 1.54) is 52.8 Å². The topological polar surface area (TPSA) is 48.5 Å². The summed E-state index contributed by atoms with van der Waals surface area (Å²) < 4.78 is 7.47. The summed E-state index contributed by atoms with van der Waals surface area (Å²) in [5.41, 5.74) is 9.94. The second kappa shape index (κ2) is 13.1. The third-order valence-electron chi connectivity index (χ3n) is 11.4. The van der Waals surface area contributed by atoms with Gasteiger partial charge in [0.2, 0.25) is 0 Å². The second-order valence-electron chi connectivity index (χ2n) is 14.8. The van der Waals surface area contributed by atoms with E-state index in [2.05, 4.69) is 161 Å². The lowest BCUT2D eigenvalue weighted by Gasteiger charge is -2.17. The quantitative estimate of drug-likeness (QED) is 0.170. The number of benzene rings is 8. The lowest BCUT2D eigenvalue weighted by molar-refractivity contribution is 0.923. The lowest BCUT2D eigenvalue weighted by Crippen LogP contribution is -2.08. The Morgan fingerprint density at radius 1 is 0.414 bits per heavy atom. The Morgan fingerprint density at radius 2 is 0.931 bits per heavy atom. The first-order chi connectivity index (χ1) is 28.8. The van der Waals surface area contributed by atoms with Gasteiger partial charge in [-0.2, -0.15) is 0 Å². The van der Waals surface area contributed by atoms with Gasteiger partial charge in [0.15, 0.2) is 11.6 Å². The van der Waals surface area contributed by atoms with E-state index in [0.29, 0.717) is 23.9 Å². The van der Waals surface area contributed by atoms with Gasteiger partial charge in [-0.25, -0.2) is 15.0 Å². The minimum Gasteiger partial charge on any atom is -0.309 e. The first-order valence-electron chi connectivity index (χ1n) is 19.6. The van der Waals surface area contributed by atoms with Crippen LogP contribution in [0.2, 0.25) is 0 Å². The molecule has 4 aromatic heterocycles. The van der Waals surface area contributed by atoms with Gasteiger partial charge in [0, 0.05) is 65.9 Å². The van der Waals surface area contributed by atoms with Gasteiger partial charge in [-0.1, -0.05) is 146 Å². The van der Waals surface area contributed by atoms with E-state index in [-0.39, 0.29) is 0 Å². The molecule has 0 saturated carbocycles. The molecule has 272 valence electrons. The molecule has 0 spiro atoms. The van der Waals surface area contributed by atoms with Gasteiger partial charge < -0.3 is 9.13 Å². The molecule has 12 rings (SSSR count). The van der Waals surface area contributed by atoms with E-state index < -0.39 is 0 Å². The number of thiophene rings is 1. The van der Waals surface area contributed by atoms with Crippen LogP contribution in [0.3, 0.4) is 0 Å². The molecule has 0 unspecified atom stereocenters. The molecule has 0 aliphatic rings. The summed E-state index contributed by atoms with van der Waals surface area (Å²) >= 11 is 1.87. The molecule has 0 saturated heterocycles. The van der Waals surface area contributed by atoms with Crippen molar-refractivity contribution in [1.29, 1.82) is 0 Å². The van der Waals surface area contributed by atoms with E-state index in [1.54, 1.807) is 0 Å². The largest absolute Gasteiger partial charge is 0.309 e. The van der Waals surface area contributed by atoms with Gasteiger partial charge in [-0.3, -0.25) is 0 Å². The molecule has 0 aliphatic heterocycles. The summed E-state index contributed by atoms with van der Waals surface area (Å²) in [6.45, 7) is 0. The number of fused-ring (bicyclic) bond motifs is 10. The number of aromatic nitrogens is 5. The fourth-order valence-electron chi connectivity index (χ4n) is 8.85. The highest BCUT2D eigenvalue weighted by atomic mass is 32.1. The smallest absolute Gasteiger partial charge is 0.163 e. The molecule has 0 bridgehead atoms. The van der Waals surface area contributed by atoms with Crippen LogP contribution in [0.5, 0.6) is 0 Å². The van der Waals surface area contributed by atoms with Crippen LogP contribution >= 0.6 is 11.3 Å². The lowest BCUT2D eigenvalue weighted by atomic mass is 10.1. The maximum Gasteiger partial charge on any atom is 0.163 e. The molecule has 8 aromatic carbocycles. The third-order valence-corrected chi connectivity index (χ3v) is 12.6. The average molecular weight is 760 g/mol. The Morgan fingerprint density at radius 3 is 1.57 bits per heavy atom. The van der Waals surface area contributed by atoms with Gasteiger partial charge in [0.1, 0.15) is 5.82 Å². The fourth-order valence-corrected chi connectivity index (χ4v) is 10.1. The molecule has 4 heterocycles. The molecule has 58 heavy (non-hydrogen) atoms. The van der Waals surface area contributed by atoms with Crippen molar-refractivity contribution < 1.29 is 0 Å². The number of hydrogen-bond acceptors (Lipinski definition) is 4. The van der Waals surface area contributed by atoms with Gasteiger partial charge >= 0.3 is 0 Å². The van der Waals surface area contributed by atoms with Crippen LogP contribution in [0.1, 0.15) is 11.4 Å². The highest BCUT2D eigenvalue weighted by Gasteiger charge is 2.21. The first-order valence-corrected chi connectivity index (χ1v) is 20.4. The summed E-state index contributed by atoms with van der Waals surface area (Å²) in [6.07, 6.45) is 0.488. The molecule has 5 nitrogen and oxygen atoms in total. The number of nitrogens with zero attached hydrogens (tertiary/aromatic N) is 5. The van der Waals surface area contributed by atoms with Crippen LogP contribution in [-0.4, -0.2) is 24.1 Å². The molecule has 0 fully saturated rings. The summed E-state index contributed by atoms with van der Waals surface area (Å²) in [5, 5.41) is 7.51. The van der Waals surface area contributed by atoms with Crippen molar-refractivity contribution in [3.05, 3.63) is 199 Å². The average Bonchev–Trinajstić information content (AvgIpc) is 3.95. The molecular weight excluding hydrogens is 727 g/mol. The molecule has 12 aromatic rings. The van der Waals surface area contributed by atoms with Crippen LogP contribution in [-0.2, 0) is 6.42 Å². The minimum atomic E-state index is 0.488. The third kappa shape index (κ3) is 5.12. The van der Waals surface area contributed by atoms with E-state index in [4.69, 9.17) is 15.0 Å². The molecule has 6 heteroatoms. The molecule has 0 N–H and O–H groups in total. The van der Waals surface area contributed by atoms with E-state index in [9.17, 15) is 0 Å². The van der Waals surface area contributed by atoms with Crippen LogP contribution < -0.4 is 0 Å². The van der Waals surface area contributed by atoms with Crippen molar-refractivity contribution in [3.63, 3.8) is 0 Å². The predicted octanol–water partition coefficient (Wildman–Crippen LogP) is 13.4. The maximum atomic E-state index is 5.19. The summed E-state index contributed by atoms with van der Waals surface area (Å²) in [4.78, 5) is 15.4. The summed E-state index contributed by atoms with van der Waals surface area (Å²) in [6, 6.07) is 67.0. The standard InChI is InChI=1S/C52H33N5S/c1-3-15-33(16-4-1)51-53-48(54-52(55-51)34-17-5-2-6-18-34)32-35-31-36(27-30-43(35)57-45-24-12-7-19-37(45)38-20-8-13-25-46(38)57)56-44-23-11-9-21-39(44)41-28-29-42-40-22-10-14-26-47(40)58-50(42)49(41)56/h1-31H,32H2. The zero-order valence-electron chi connectivity index (χ0n) is 31.2. The molecule has 0 amide bonds. The van der Waals surface area contributed by atoms with E-state index >= 15 is 0 Å². The molecular formula is C52H33N5S. The highest BCUT2D eigenvalue weighted by molar-refractivity contribution is 7.26. The highest BCUT2D eigenvalue weighted by Crippen LogP contribution is 2.43. The Kier molecular flexibility index (Phi) is 7.40. The Labute approximate surface area is 337 Å². The van der Waals surface area contributed by atoms with Gasteiger partial charge in [-0.15, -0.1) is 11.3 Å². The number of para-hydroxylation sites is 3. The zero-order valence-corrected chi connectivity index (χ0v) is 32.1. The Balaban J connectivity index is 1.15. The molecule has 0 atom stereocenters. The summed E-state index contributed by atoms with van der Waals surface area (Å²) in [7, 11) is 0. The zero-order chi connectivity index (χ0) is 38.2. The van der Waals surface area contributed by atoms with Crippen molar-refractivity contribution >= 4 is 75.1 Å². The fraction of sp³-hybridized carbons (Fsp3) is 0.0192. The van der Waals surface area contributed by atoms with Crippen LogP contribution in [0.4, 0.5) is 0 Å². The van der Waals surface area contributed by atoms with Crippen LogP contribution in [0.15, 0.2) is 188 Å². The van der Waals surface area contributed by atoms with Gasteiger partial charge in [-0.05, 0) is 48.0 Å². The SMILES string of the molecule is c1ccc(-c2nc(Cc3cc(-n4c5ccccc5c5ccc6c7ccccc7sc6c54)ccc3-n3c4ccccc4c4ccccc43)nc(-c3ccccc3)n2)cc1. The van der Waals surface area contributed by atoms with Crippen molar-refractivity contribution in [1.82, 2.24) is 24.1 Å². The van der Waals surface area contributed by atoms with E-state index in [0.717, 1.165) is 39.1 Å². The van der Waals surface area contributed by atoms with Crippen LogP contribution in [0.25, 0.3) is 97.9 Å². The van der Waals surface area contributed by atoms with Gasteiger partial charge in [0.25, 0.3) is 0 Å². The summed E-state index contributed by atoms with van der Waals surface area (Å²) in [5.74, 6) is 2.03. The van der Waals surface area contributed by atoms with Crippen LogP contribution in [0, 0.1) is 0 Å². The van der Waals surface area contributed by atoms with Crippen molar-refractivity contribution in [3.8, 4) is 34.2 Å². The maximum absolute atomic E-state index is 5.19. The number of hydrogen-bond donors (Lipinski definition) is 0. The first kappa shape index (κ1) is 32.8. The molecule has 0 radical (unpaired) electrons. The van der Waals surface area contributed by atoms with Crippen molar-refractivity contribution in [2.45, 2.75) is 6.42 Å². The van der Waals surface area contributed by atoms with Crippen molar-refractivity contribution in [2.24, 2.45) is 0 Å². The minimum absolute atomic E-state index is 0.488. The number of rotatable bonds is 6. The monoisotopic (exact) mass is 759 g/mol. The predicted molar refractivity (Wildman–Crippen MR) is 242 cm³/mol.